The third-order valence-corrected chi connectivity index (χ3v) is 4.08. The third kappa shape index (κ3) is 3.81. The largest absolute Gasteiger partial charge is 0.394 e. The Kier molecular flexibility index (Phi) is 5.15. The maximum absolute atomic E-state index is 12.1. The van der Waals surface area contributed by atoms with Crippen LogP contribution in [0.1, 0.15) is 31.7 Å². The van der Waals surface area contributed by atoms with Gasteiger partial charge in [-0.25, -0.2) is 0 Å². The summed E-state index contributed by atoms with van der Waals surface area (Å²) in [5.41, 5.74) is 0.227. The summed E-state index contributed by atoms with van der Waals surface area (Å²) in [5, 5.41) is 15.9. The Morgan fingerprint density at radius 2 is 2.20 bits per heavy atom. The fraction of sp³-hybridized carbons (Fsp3) is 0.562. The van der Waals surface area contributed by atoms with Gasteiger partial charge in [0.25, 0.3) is 0 Å². The van der Waals surface area contributed by atoms with Gasteiger partial charge >= 0.3 is 0 Å². The van der Waals surface area contributed by atoms with Crippen molar-refractivity contribution in [3.8, 4) is 0 Å². The van der Waals surface area contributed by atoms with E-state index < -0.39 is 5.54 Å². The van der Waals surface area contributed by atoms with E-state index in [1.807, 2.05) is 37.3 Å². The molecule has 1 aromatic rings. The van der Waals surface area contributed by atoms with Crippen molar-refractivity contribution in [1.29, 1.82) is 0 Å². The van der Waals surface area contributed by atoms with Crippen LogP contribution < -0.4 is 10.6 Å². The number of benzene rings is 1. The number of nitrogens with one attached hydrogen (secondary N) is 2. The molecular weight excluding hydrogens is 252 g/mol. The first-order valence-electron chi connectivity index (χ1n) is 7.32. The van der Waals surface area contributed by atoms with Crippen LogP contribution in [-0.4, -0.2) is 30.7 Å². The summed E-state index contributed by atoms with van der Waals surface area (Å²) >= 11 is 0. The Hall–Kier alpha value is -1.39. The fourth-order valence-corrected chi connectivity index (χ4v) is 2.68. The summed E-state index contributed by atoms with van der Waals surface area (Å²) in [6.07, 6.45) is 2.59. The van der Waals surface area contributed by atoms with E-state index in [-0.39, 0.29) is 12.5 Å². The molecule has 0 saturated carbocycles. The molecule has 0 aliphatic carbocycles. The van der Waals surface area contributed by atoms with Crippen LogP contribution in [0.5, 0.6) is 0 Å². The molecule has 1 aromatic carbocycles. The van der Waals surface area contributed by atoms with Gasteiger partial charge in [0.2, 0.25) is 5.91 Å². The van der Waals surface area contributed by atoms with Crippen LogP contribution in [0.3, 0.4) is 0 Å². The second-order valence-corrected chi connectivity index (χ2v) is 5.80. The molecule has 0 spiro atoms. The van der Waals surface area contributed by atoms with Crippen molar-refractivity contribution in [2.24, 2.45) is 5.92 Å². The quantitative estimate of drug-likeness (QED) is 0.736. The van der Waals surface area contributed by atoms with Crippen LogP contribution in [0.2, 0.25) is 0 Å². The molecule has 2 rings (SSSR count). The maximum atomic E-state index is 12.1. The van der Waals surface area contributed by atoms with Gasteiger partial charge in [-0.2, -0.15) is 0 Å². The van der Waals surface area contributed by atoms with Crippen LogP contribution in [-0.2, 0) is 10.3 Å². The van der Waals surface area contributed by atoms with E-state index in [1.54, 1.807) is 0 Å². The summed E-state index contributed by atoms with van der Waals surface area (Å²) < 4.78 is 0. The molecule has 1 heterocycles. The summed E-state index contributed by atoms with van der Waals surface area (Å²) in [7, 11) is 0. The monoisotopic (exact) mass is 276 g/mol. The summed E-state index contributed by atoms with van der Waals surface area (Å²) in [5.74, 6) is 0.621. The van der Waals surface area contributed by atoms with E-state index in [0.717, 1.165) is 31.5 Å². The summed E-state index contributed by atoms with van der Waals surface area (Å²) in [6, 6.07) is 9.62. The zero-order valence-corrected chi connectivity index (χ0v) is 12.1. The zero-order valence-electron chi connectivity index (χ0n) is 12.1. The Labute approximate surface area is 120 Å². The van der Waals surface area contributed by atoms with E-state index in [0.29, 0.717) is 12.3 Å². The van der Waals surface area contributed by atoms with Gasteiger partial charge in [0.1, 0.15) is 0 Å². The van der Waals surface area contributed by atoms with Crippen molar-refractivity contribution < 1.29 is 9.90 Å². The average molecular weight is 276 g/mol. The molecule has 110 valence electrons. The summed E-state index contributed by atoms with van der Waals surface area (Å²) in [4.78, 5) is 12.1. The molecule has 1 aliphatic heterocycles. The summed E-state index contributed by atoms with van der Waals surface area (Å²) in [6.45, 7) is 3.83. The number of carbonyl (C=O) groups excluding carboxylic acids is 1. The predicted molar refractivity (Wildman–Crippen MR) is 79.2 cm³/mol. The minimum atomic E-state index is -0.702. The Morgan fingerprint density at radius 1 is 1.45 bits per heavy atom. The average Bonchev–Trinajstić information content (AvgIpc) is 2.99. The van der Waals surface area contributed by atoms with Crippen molar-refractivity contribution in [2.45, 2.75) is 31.7 Å². The van der Waals surface area contributed by atoms with E-state index >= 15 is 0 Å². The number of aliphatic hydroxyl groups is 1. The first kappa shape index (κ1) is 15.0. The van der Waals surface area contributed by atoms with E-state index in [1.165, 1.54) is 0 Å². The molecule has 1 saturated heterocycles. The second kappa shape index (κ2) is 6.86. The molecule has 20 heavy (non-hydrogen) atoms. The SMILES string of the molecule is CC(CO)(NC(=O)CCC1CCNC1)c1ccccc1. The number of amides is 1. The highest BCUT2D eigenvalue weighted by molar-refractivity contribution is 5.77. The van der Waals surface area contributed by atoms with Crippen molar-refractivity contribution >= 4 is 5.91 Å². The number of carbonyl (C=O) groups is 1. The van der Waals surface area contributed by atoms with E-state index in [9.17, 15) is 9.90 Å². The molecule has 1 aliphatic rings. The molecule has 0 radical (unpaired) electrons. The van der Waals surface area contributed by atoms with Crippen LogP contribution >= 0.6 is 0 Å². The highest BCUT2D eigenvalue weighted by Gasteiger charge is 2.27. The minimum Gasteiger partial charge on any atom is -0.394 e. The Balaban J connectivity index is 1.90. The van der Waals surface area contributed by atoms with Gasteiger partial charge in [-0.1, -0.05) is 30.3 Å². The lowest BCUT2D eigenvalue weighted by molar-refractivity contribution is -0.123. The number of rotatable bonds is 6. The molecule has 4 nitrogen and oxygen atoms in total. The van der Waals surface area contributed by atoms with Gasteiger partial charge < -0.3 is 15.7 Å². The number of aliphatic hydroxyl groups excluding tert-OH is 1. The van der Waals surface area contributed by atoms with E-state index in [4.69, 9.17) is 0 Å². The molecule has 0 bridgehead atoms. The fourth-order valence-electron chi connectivity index (χ4n) is 2.68. The minimum absolute atomic E-state index is 0.0114. The van der Waals surface area contributed by atoms with Crippen molar-refractivity contribution in [2.75, 3.05) is 19.7 Å². The standard InChI is InChI=1S/C16H24N2O2/c1-16(12-19,14-5-3-2-4-6-14)18-15(20)8-7-13-9-10-17-11-13/h2-6,13,17,19H,7-12H2,1H3,(H,18,20). The van der Waals surface area contributed by atoms with Crippen LogP contribution in [0.15, 0.2) is 30.3 Å². The predicted octanol–water partition coefficient (Wildman–Crippen LogP) is 1.40. The zero-order chi connectivity index (χ0) is 14.4. The van der Waals surface area contributed by atoms with Crippen molar-refractivity contribution in [1.82, 2.24) is 10.6 Å². The lowest BCUT2D eigenvalue weighted by Crippen LogP contribution is -2.46. The number of hydrogen-bond donors (Lipinski definition) is 3. The molecule has 4 heteroatoms. The Morgan fingerprint density at radius 3 is 2.80 bits per heavy atom. The van der Waals surface area contributed by atoms with E-state index in [2.05, 4.69) is 10.6 Å². The smallest absolute Gasteiger partial charge is 0.220 e. The number of hydrogen-bond acceptors (Lipinski definition) is 3. The van der Waals surface area contributed by atoms with Crippen LogP contribution in [0.25, 0.3) is 0 Å². The van der Waals surface area contributed by atoms with Crippen LogP contribution in [0.4, 0.5) is 0 Å². The van der Waals surface area contributed by atoms with Gasteiger partial charge in [0.05, 0.1) is 12.1 Å². The molecule has 1 amide bonds. The first-order valence-corrected chi connectivity index (χ1v) is 7.32. The van der Waals surface area contributed by atoms with Gasteiger partial charge in [-0.05, 0) is 44.3 Å². The Bertz CT molecular complexity index is 429. The lowest BCUT2D eigenvalue weighted by Gasteiger charge is -2.29. The third-order valence-electron chi connectivity index (χ3n) is 4.08. The second-order valence-electron chi connectivity index (χ2n) is 5.80. The molecule has 2 unspecified atom stereocenters. The molecule has 3 N–H and O–H groups in total. The first-order chi connectivity index (χ1) is 9.64. The molecule has 2 atom stereocenters. The van der Waals surface area contributed by atoms with Gasteiger partial charge in [-0.3, -0.25) is 4.79 Å². The lowest BCUT2D eigenvalue weighted by atomic mass is 9.92. The molecular formula is C16H24N2O2. The van der Waals surface area contributed by atoms with Crippen molar-refractivity contribution in [3.63, 3.8) is 0 Å². The van der Waals surface area contributed by atoms with Gasteiger partial charge in [0, 0.05) is 6.42 Å². The normalized spacial score (nSPS) is 21.4. The maximum Gasteiger partial charge on any atom is 0.220 e. The van der Waals surface area contributed by atoms with Crippen molar-refractivity contribution in [3.05, 3.63) is 35.9 Å². The van der Waals surface area contributed by atoms with Gasteiger partial charge in [-0.15, -0.1) is 0 Å². The van der Waals surface area contributed by atoms with Crippen LogP contribution in [0, 0.1) is 5.92 Å². The van der Waals surface area contributed by atoms with Gasteiger partial charge in [0.15, 0.2) is 0 Å². The highest BCUT2D eigenvalue weighted by Crippen LogP contribution is 2.21. The molecule has 0 aromatic heterocycles. The topological polar surface area (TPSA) is 61.4 Å². The molecule has 1 fully saturated rings. The highest BCUT2D eigenvalue weighted by atomic mass is 16.3.